The monoisotopic (exact) mass is 218 g/mol. The van der Waals surface area contributed by atoms with Crippen LogP contribution < -0.4 is 10.6 Å². The molecule has 0 amide bonds. The zero-order valence-electron chi connectivity index (χ0n) is 10.4. The molecule has 1 aromatic rings. The van der Waals surface area contributed by atoms with Crippen molar-refractivity contribution >= 4 is 11.4 Å². The van der Waals surface area contributed by atoms with Gasteiger partial charge in [0.2, 0.25) is 0 Å². The summed E-state index contributed by atoms with van der Waals surface area (Å²) in [7, 11) is 0. The summed E-state index contributed by atoms with van der Waals surface area (Å²) in [5.41, 5.74) is 10.7. The lowest BCUT2D eigenvalue weighted by molar-refractivity contribution is 0.726. The predicted molar refractivity (Wildman–Crippen MR) is 71.0 cm³/mol. The molecule has 88 valence electrons. The summed E-state index contributed by atoms with van der Waals surface area (Å²) in [6, 6.07) is 4.46. The van der Waals surface area contributed by atoms with Gasteiger partial charge >= 0.3 is 0 Å². The molecule has 0 spiro atoms. The lowest BCUT2D eigenvalue weighted by Gasteiger charge is -2.24. The van der Waals surface area contributed by atoms with Crippen LogP contribution in [-0.4, -0.2) is 13.1 Å². The molecule has 0 aliphatic carbocycles. The van der Waals surface area contributed by atoms with Gasteiger partial charge in [0.1, 0.15) is 0 Å². The fourth-order valence-corrected chi connectivity index (χ4v) is 2.46. The topological polar surface area (TPSA) is 29.3 Å². The standard InChI is InChI=1S/C14H22N2/c1-11-9-13(10-12(2)14(11)15)16-7-5-3-4-6-8-16/h9-10H,3-8,15H2,1-2H3. The maximum atomic E-state index is 5.99. The molecule has 0 radical (unpaired) electrons. The molecule has 2 rings (SSSR count). The molecular weight excluding hydrogens is 196 g/mol. The third-order valence-corrected chi connectivity index (χ3v) is 3.55. The summed E-state index contributed by atoms with van der Waals surface area (Å²) >= 11 is 0. The molecule has 1 aliphatic rings. The second-order valence-corrected chi connectivity index (χ2v) is 4.89. The van der Waals surface area contributed by atoms with Crippen molar-refractivity contribution in [1.29, 1.82) is 0 Å². The van der Waals surface area contributed by atoms with Crippen LogP contribution in [-0.2, 0) is 0 Å². The summed E-state index contributed by atoms with van der Waals surface area (Å²) in [6.07, 6.45) is 5.40. The van der Waals surface area contributed by atoms with Crippen LogP contribution in [0.4, 0.5) is 11.4 Å². The smallest absolute Gasteiger partial charge is 0.0374 e. The average Bonchev–Trinajstić information content (AvgIpc) is 2.53. The second kappa shape index (κ2) is 4.77. The van der Waals surface area contributed by atoms with Crippen molar-refractivity contribution in [3.05, 3.63) is 23.3 Å². The summed E-state index contributed by atoms with van der Waals surface area (Å²) in [4.78, 5) is 2.51. The van der Waals surface area contributed by atoms with Crippen molar-refractivity contribution in [2.45, 2.75) is 39.5 Å². The SMILES string of the molecule is Cc1cc(N2CCCCCC2)cc(C)c1N. The maximum Gasteiger partial charge on any atom is 0.0374 e. The van der Waals surface area contributed by atoms with Crippen LogP contribution in [0.3, 0.4) is 0 Å². The summed E-state index contributed by atoms with van der Waals surface area (Å²) in [5.74, 6) is 0. The Morgan fingerprint density at radius 1 is 0.938 bits per heavy atom. The minimum absolute atomic E-state index is 0.943. The van der Waals surface area contributed by atoms with Gasteiger partial charge in [0.15, 0.2) is 0 Å². The summed E-state index contributed by atoms with van der Waals surface area (Å²) in [5, 5.41) is 0. The normalized spacial score (nSPS) is 17.2. The van der Waals surface area contributed by atoms with E-state index in [1.54, 1.807) is 0 Å². The molecule has 0 atom stereocenters. The van der Waals surface area contributed by atoms with E-state index < -0.39 is 0 Å². The zero-order chi connectivity index (χ0) is 11.5. The fraction of sp³-hybridized carbons (Fsp3) is 0.571. The second-order valence-electron chi connectivity index (χ2n) is 4.89. The Labute approximate surface area is 98.4 Å². The first-order valence-corrected chi connectivity index (χ1v) is 6.30. The van der Waals surface area contributed by atoms with Crippen molar-refractivity contribution in [2.24, 2.45) is 0 Å². The molecule has 0 saturated carbocycles. The lowest BCUT2D eigenvalue weighted by Crippen LogP contribution is -2.24. The van der Waals surface area contributed by atoms with E-state index in [2.05, 4.69) is 30.9 Å². The van der Waals surface area contributed by atoms with Crippen LogP contribution in [0, 0.1) is 13.8 Å². The van der Waals surface area contributed by atoms with Crippen molar-refractivity contribution in [3.8, 4) is 0 Å². The number of nitrogens with zero attached hydrogens (tertiary/aromatic N) is 1. The average molecular weight is 218 g/mol. The van der Waals surface area contributed by atoms with E-state index in [9.17, 15) is 0 Å². The van der Waals surface area contributed by atoms with E-state index in [-0.39, 0.29) is 0 Å². The number of rotatable bonds is 1. The Balaban J connectivity index is 2.25. The molecule has 0 unspecified atom stereocenters. The van der Waals surface area contributed by atoms with Crippen LogP contribution >= 0.6 is 0 Å². The number of aryl methyl sites for hydroxylation is 2. The van der Waals surface area contributed by atoms with Crippen LogP contribution in [0.15, 0.2) is 12.1 Å². The number of benzene rings is 1. The lowest BCUT2D eigenvalue weighted by atomic mass is 10.1. The van der Waals surface area contributed by atoms with Gasteiger partial charge in [-0.1, -0.05) is 12.8 Å². The van der Waals surface area contributed by atoms with Gasteiger partial charge in [0, 0.05) is 24.5 Å². The fourth-order valence-electron chi connectivity index (χ4n) is 2.46. The van der Waals surface area contributed by atoms with E-state index >= 15 is 0 Å². The third-order valence-electron chi connectivity index (χ3n) is 3.55. The molecular formula is C14H22N2. The Morgan fingerprint density at radius 3 is 1.94 bits per heavy atom. The van der Waals surface area contributed by atoms with Crippen LogP contribution in [0.2, 0.25) is 0 Å². The van der Waals surface area contributed by atoms with Crippen molar-refractivity contribution < 1.29 is 0 Å². The molecule has 1 aromatic carbocycles. The van der Waals surface area contributed by atoms with Gasteiger partial charge in [-0.2, -0.15) is 0 Å². The van der Waals surface area contributed by atoms with Gasteiger partial charge in [0.05, 0.1) is 0 Å². The molecule has 1 heterocycles. The number of hydrogen-bond donors (Lipinski definition) is 1. The molecule has 2 nitrogen and oxygen atoms in total. The molecule has 16 heavy (non-hydrogen) atoms. The van der Waals surface area contributed by atoms with Gasteiger partial charge < -0.3 is 10.6 Å². The number of hydrogen-bond acceptors (Lipinski definition) is 2. The van der Waals surface area contributed by atoms with Crippen molar-refractivity contribution in [1.82, 2.24) is 0 Å². The highest BCUT2D eigenvalue weighted by atomic mass is 15.1. The molecule has 1 saturated heterocycles. The number of nitrogen functional groups attached to an aromatic ring is 1. The highest BCUT2D eigenvalue weighted by Gasteiger charge is 2.11. The molecule has 0 aromatic heterocycles. The van der Waals surface area contributed by atoms with Crippen molar-refractivity contribution in [2.75, 3.05) is 23.7 Å². The van der Waals surface area contributed by atoms with Crippen LogP contribution in [0.1, 0.15) is 36.8 Å². The minimum atomic E-state index is 0.943. The van der Waals surface area contributed by atoms with Gasteiger partial charge in [-0.25, -0.2) is 0 Å². The Morgan fingerprint density at radius 2 is 1.44 bits per heavy atom. The quantitative estimate of drug-likeness (QED) is 0.733. The van der Waals surface area contributed by atoms with E-state index in [0.717, 1.165) is 5.69 Å². The van der Waals surface area contributed by atoms with Gasteiger partial charge in [0.25, 0.3) is 0 Å². The van der Waals surface area contributed by atoms with E-state index in [0.29, 0.717) is 0 Å². The van der Waals surface area contributed by atoms with Gasteiger partial charge in [-0.15, -0.1) is 0 Å². The first kappa shape index (κ1) is 11.3. The van der Waals surface area contributed by atoms with Gasteiger partial charge in [-0.05, 0) is 49.9 Å². The Bertz CT molecular complexity index is 340. The molecule has 2 heteroatoms. The predicted octanol–water partition coefficient (Wildman–Crippen LogP) is 3.27. The molecule has 1 aliphatic heterocycles. The Kier molecular flexibility index (Phi) is 3.37. The Hall–Kier alpha value is -1.18. The highest BCUT2D eigenvalue weighted by Crippen LogP contribution is 2.26. The van der Waals surface area contributed by atoms with E-state index in [4.69, 9.17) is 5.73 Å². The third kappa shape index (κ3) is 2.31. The molecule has 1 fully saturated rings. The van der Waals surface area contributed by atoms with Crippen LogP contribution in [0.25, 0.3) is 0 Å². The summed E-state index contributed by atoms with van der Waals surface area (Å²) in [6.45, 7) is 6.60. The van der Waals surface area contributed by atoms with E-state index in [1.165, 1.54) is 55.6 Å². The maximum absolute atomic E-state index is 5.99. The largest absolute Gasteiger partial charge is 0.398 e. The highest BCUT2D eigenvalue weighted by molar-refractivity contribution is 5.62. The first-order valence-electron chi connectivity index (χ1n) is 6.30. The zero-order valence-corrected chi connectivity index (χ0v) is 10.4. The van der Waals surface area contributed by atoms with E-state index in [1.807, 2.05) is 0 Å². The van der Waals surface area contributed by atoms with Crippen LogP contribution in [0.5, 0.6) is 0 Å². The van der Waals surface area contributed by atoms with Crippen molar-refractivity contribution in [3.63, 3.8) is 0 Å². The number of anilines is 2. The first-order chi connectivity index (χ1) is 7.68. The van der Waals surface area contributed by atoms with Gasteiger partial charge in [-0.3, -0.25) is 0 Å². The summed E-state index contributed by atoms with van der Waals surface area (Å²) < 4.78 is 0. The molecule has 0 bridgehead atoms. The number of nitrogens with two attached hydrogens (primary N) is 1. The minimum Gasteiger partial charge on any atom is -0.398 e. The molecule has 2 N–H and O–H groups in total.